The first-order valence-corrected chi connectivity index (χ1v) is 5.08. The summed E-state index contributed by atoms with van der Waals surface area (Å²) in [5.41, 5.74) is -0.724. The van der Waals surface area contributed by atoms with Crippen molar-refractivity contribution < 1.29 is 17.6 Å². The predicted octanol–water partition coefficient (Wildman–Crippen LogP) is 3.27. The maximum absolute atomic E-state index is 13.0. The van der Waals surface area contributed by atoms with Gasteiger partial charge in [0.25, 0.3) is 0 Å². The Kier molecular flexibility index (Phi) is 2.88. The lowest BCUT2D eigenvalue weighted by atomic mass is 9.98. The second kappa shape index (κ2) is 4.05. The van der Waals surface area contributed by atoms with Gasteiger partial charge in [0, 0.05) is 6.04 Å². The van der Waals surface area contributed by atoms with Crippen LogP contribution in [0.15, 0.2) is 18.2 Å². The lowest BCUT2D eigenvalue weighted by Crippen LogP contribution is -2.18. The molecular weight excluding hydrogens is 222 g/mol. The second-order valence-corrected chi connectivity index (χ2v) is 3.88. The number of rotatable bonds is 1. The summed E-state index contributed by atoms with van der Waals surface area (Å²) in [4.78, 5) is 0. The number of benzene rings is 1. The van der Waals surface area contributed by atoms with E-state index in [1.165, 1.54) is 0 Å². The fourth-order valence-electron chi connectivity index (χ4n) is 2.03. The molecule has 16 heavy (non-hydrogen) atoms. The van der Waals surface area contributed by atoms with E-state index in [1.54, 1.807) is 0 Å². The van der Waals surface area contributed by atoms with Crippen molar-refractivity contribution >= 4 is 0 Å². The van der Waals surface area contributed by atoms with E-state index in [9.17, 15) is 17.6 Å². The average Bonchev–Trinajstić information content (AvgIpc) is 2.68. The quantitative estimate of drug-likeness (QED) is 0.734. The van der Waals surface area contributed by atoms with Crippen molar-refractivity contribution in [1.29, 1.82) is 0 Å². The summed E-state index contributed by atoms with van der Waals surface area (Å²) < 4.78 is 51.0. The van der Waals surface area contributed by atoms with Gasteiger partial charge in [0.1, 0.15) is 5.82 Å². The fourth-order valence-corrected chi connectivity index (χ4v) is 2.03. The Morgan fingerprint density at radius 3 is 2.56 bits per heavy atom. The maximum atomic E-state index is 13.0. The molecule has 88 valence electrons. The highest BCUT2D eigenvalue weighted by Crippen LogP contribution is 2.37. The average molecular weight is 233 g/mol. The monoisotopic (exact) mass is 233 g/mol. The molecule has 1 atom stereocenters. The van der Waals surface area contributed by atoms with Gasteiger partial charge in [0.15, 0.2) is 0 Å². The van der Waals surface area contributed by atoms with Crippen molar-refractivity contribution in [3.05, 3.63) is 35.1 Å². The molecule has 1 nitrogen and oxygen atoms in total. The molecule has 0 aromatic heterocycles. The third-order valence-electron chi connectivity index (χ3n) is 2.75. The van der Waals surface area contributed by atoms with E-state index in [1.807, 2.05) is 0 Å². The van der Waals surface area contributed by atoms with Crippen LogP contribution in [0.4, 0.5) is 17.6 Å². The minimum atomic E-state index is -4.42. The smallest absolute Gasteiger partial charge is 0.310 e. The number of hydrogen-bond acceptors (Lipinski definition) is 1. The molecule has 1 aromatic rings. The normalized spacial score (nSPS) is 21.4. The van der Waals surface area contributed by atoms with E-state index >= 15 is 0 Å². The van der Waals surface area contributed by atoms with Gasteiger partial charge in [-0.25, -0.2) is 4.39 Å². The summed E-state index contributed by atoms with van der Waals surface area (Å²) in [6, 6.07) is 2.25. The van der Waals surface area contributed by atoms with Crippen molar-refractivity contribution in [2.45, 2.75) is 25.1 Å². The standard InChI is InChI=1S/C11H11F4N/c12-7-3-4-9(11(13,14)15)8(6-7)10-2-1-5-16-10/h3-4,6,10,16H,1-2,5H2. The Hall–Kier alpha value is -1.10. The van der Waals surface area contributed by atoms with Gasteiger partial charge in [-0.1, -0.05) is 0 Å². The van der Waals surface area contributed by atoms with Crippen LogP contribution in [0.3, 0.4) is 0 Å². The van der Waals surface area contributed by atoms with Gasteiger partial charge in [0.2, 0.25) is 0 Å². The van der Waals surface area contributed by atoms with Crippen LogP contribution in [0, 0.1) is 5.82 Å². The molecule has 1 aliphatic rings. The zero-order chi connectivity index (χ0) is 11.8. The molecule has 0 radical (unpaired) electrons. The zero-order valence-corrected chi connectivity index (χ0v) is 8.44. The first-order chi connectivity index (χ1) is 7.48. The van der Waals surface area contributed by atoms with Crippen LogP contribution < -0.4 is 5.32 Å². The molecule has 0 spiro atoms. The Labute approximate surface area is 90.5 Å². The third-order valence-corrected chi connectivity index (χ3v) is 2.75. The van der Waals surface area contributed by atoms with Crippen molar-refractivity contribution in [2.75, 3.05) is 6.54 Å². The van der Waals surface area contributed by atoms with Crippen LogP contribution in [-0.4, -0.2) is 6.54 Å². The summed E-state index contributed by atoms with van der Waals surface area (Å²) in [6.07, 6.45) is -2.99. The Balaban J connectivity index is 2.43. The lowest BCUT2D eigenvalue weighted by molar-refractivity contribution is -0.138. The Morgan fingerprint density at radius 2 is 2.00 bits per heavy atom. The van der Waals surface area contributed by atoms with Crippen LogP contribution in [-0.2, 0) is 6.18 Å². The van der Waals surface area contributed by atoms with Crippen molar-refractivity contribution in [3.8, 4) is 0 Å². The minimum Gasteiger partial charge on any atom is -0.310 e. The second-order valence-electron chi connectivity index (χ2n) is 3.88. The zero-order valence-electron chi connectivity index (χ0n) is 8.44. The third kappa shape index (κ3) is 2.19. The van der Waals surface area contributed by atoms with Gasteiger partial charge >= 0.3 is 6.18 Å². The molecule has 0 bridgehead atoms. The molecular formula is C11H11F4N. The van der Waals surface area contributed by atoms with Gasteiger partial charge in [-0.05, 0) is 43.1 Å². The molecule has 5 heteroatoms. The molecule has 2 rings (SSSR count). The molecule has 1 aromatic carbocycles. The van der Waals surface area contributed by atoms with Gasteiger partial charge in [-0.3, -0.25) is 0 Å². The summed E-state index contributed by atoms with van der Waals surface area (Å²) in [7, 11) is 0. The SMILES string of the molecule is Fc1ccc(C(F)(F)F)c(C2CCCN2)c1. The first-order valence-electron chi connectivity index (χ1n) is 5.08. The maximum Gasteiger partial charge on any atom is 0.416 e. The van der Waals surface area contributed by atoms with Crippen LogP contribution in [0.1, 0.15) is 30.0 Å². The molecule has 1 heterocycles. The first kappa shape index (κ1) is 11.4. The number of nitrogens with one attached hydrogen (secondary N) is 1. The van der Waals surface area contributed by atoms with Crippen LogP contribution >= 0.6 is 0 Å². The molecule has 0 saturated carbocycles. The number of hydrogen-bond donors (Lipinski definition) is 1. The summed E-state index contributed by atoms with van der Waals surface area (Å²) in [5, 5.41) is 2.95. The molecule has 1 aliphatic heterocycles. The molecule has 0 amide bonds. The van der Waals surface area contributed by atoms with Crippen LogP contribution in [0.2, 0.25) is 0 Å². The Bertz CT molecular complexity index is 380. The van der Waals surface area contributed by atoms with Crippen LogP contribution in [0.5, 0.6) is 0 Å². The lowest BCUT2D eigenvalue weighted by Gasteiger charge is -2.17. The van der Waals surface area contributed by atoms with E-state index in [-0.39, 0.29) is 11.6 Å². The summed E-state index contributed by atoms with van der Waals surface area (Å²) in [6.45, 7) is 0.679. The largest absolute Gasteiger partial charge is 0.416 e. The number of alkyl halides is 3. The highest BCUT2D eigenvalue weighted by Gasteiger charge is 2.35. The van der Waals surface area contributed by atoms with Gasteiger partial charge in [-0.15, -0.1) is 0 Å². The van der Waals surface area contributed by atoms with Gasteiger partial charge in [0.05, 0.1) is 5.56 Å². The van der Waals surface area contributed by atoms with E-state index in [0.717, 1.165) is 24.6 Å². The van der Waals surface area contributed by atoms with Crippen molar-refractivity contribution in [3.63, 3.8) is 0 Å². The van der Waals surface area contributed by atoms with E-state index in [4.69, 9.17) is 0 Å². The topological polar surface area (TPSA) is 12.0 Å². The van der Waals surface area contributed by atoms with Crippen molar-refractivity contribution in [2.24, 2.45) is 0 Å². The molecule has 1 N–H and O–H groups in total. The Morgan fingerprint density at radius 1 is 1.25 bits per heavy atom. The molecule has 1 saturated heterocycles. The minimum absolute atomic E-state index is 0.0185. The summed E-state index contributed by atoms with van der Waals surface area (Å²) in [5.74, 6) is -0.628. The molecule has 0 aliphatic carbocycles. The molecule has 1 unspecified atom stereocenters. The number of halogens is 4. The van der Waals surface area contributed by atoms with E-state index in [0.29, 0.717) is 13.0 Å². The van der Waals surface area contributed by atoms with E-state index in [2.05, 4.69) is 5.32 Å². The van der Waals surface area contributed by atoms with Crippen LogP contribution in [0.25, 0.3) is 0 Å². The van der Waals surface area contributed by atoms with Gasteiger partial charge in [-0.2, -0.15) is 13.2 Å². The van der Waals surface area contributed by atoms with E-state index < -0.39 is 17.6 Å². The highest BCUT2D eigenvalue weighted by atomic mass is 19.4. The van der Waals surface area contributed by atoms with Gasteiger partial charge < -0.3 is 5.32 Å². The van der Waals surface area contributed by atoms with Crippen molar-refractivity contribution in [1.82, 2.24) is 5.32 Å². The summed E-state index contributed by atoms with van der Waals surface area (Å²) >= 11 is 0. The highest BCUT2D eigenvalue weighted by molar-refractivity contribution is 5.33. The molecule has 1 fully saturated rings. The predicted molar refractivity (Wildman–Crippen MR) is 51.4 cm³/mol. The fraction of sp³-hybridized carbons (Fsp3) is 0.455.